The van der Waals surface area contributed by atoms with E-state index >= 15 is 0 Å². The Morgan fingerprint density at radius 3 is 2.44 bits per heavy atom. The fourth-order valence-corrected chi connectivity index (χ4v) is 4.26. The molecule has 0 aromatic heterocycles. The number of nitrogens with zero attached hydrogens (tertiary/aromatic N) is 2. The van der Waals surface area contributed by atoms with Crippen molar-refractivity contribution in [3.63, 3.8) is 0 Å². The highest BCUT2D eigenvalue weighted by molar-refractivity contribution is 5.96. The maximum atomic E-state index is 12.9. The molecule has 2 aliphatic rings. The van der Waals surface area contributed by atoms with Gasteiger partial charge in [0.25, 0.3) is 5.91 Å². The predicted molar refractivity (Wildman–Crippen MR) is 102 cm³/mol. The van der Waals surface area contributed by atoms with Crippen molar-refractivity contribution in [1.82, 2.24) is 9.80 Å². The molecule has 2 amide bonds. The highest BCUT2D eigenvalue weighted by Crippen LogP contribution is 2.41. The van der Waals surface area contributed by atoms with Crippen LogP contribution in [0.5, 0.6) is 0 Å². The Morgan fingerprint density at radius 1 is 1.15 bits per heavy atom. The number of hydrogen-bond acceptors (Lipinski definition) is 3. The van der Waals surface area contributed by atoms with Crippen molar-refractivity contribution in [3.05, 3.63) is 34.9 Å². The smallest absolute Gasteiger partial charge is 0.326 e. The van der Waals surface area contributed by atoms with Crippen molar-refractivity contribution in [3.8, 4) is 0 Å². The minimum absolute atomic E-state index is 0.0636. The van der Waals surface area contributed by atoms with Crippen LogP contribution in [0.15, 0.2) is 18.2 Å². The number of carboxylic acids is 1. The van der Waals surface area contributed by atoms with E-state index < -0.39 is 12.0 Å². The molecule has 2 aliphatic heterocycles. The molecule has 1 unspecified atom stereocenters. The van der Waals surface area contributed by atoms with Crippen molar-refractivity contribution in [2.75, 3.05) is 19.6 Å². The molecule has 2 saturated heterocycles. The fourth-order valence-electron chi connectivity index (χ4n) is 4.26. The number of carbonyl (C=O) groups is 3. The summed E-state index contributed by atoms with van der Waals surface area (Å²) < 4.78 is 0. The van der Waals surface area contributed by atoms with Crippen LogP contribution in [0.3, 0.4) is 0 Å². The zero-order valence-electron chi connectivity index (χ0n) is 16.3. The van der Waals surface area contributed by atoms with E-state index in [1.807, 2.05) is 36.9 Å². The Labute approximate surface area is 160 Å². The summed E-state index contributed by atoms with van der Waals surface area (Å²) in [5, 5.41) is 9.28. The predicted octanol–water partition coefficient (Wildman–Crippen LogP) is 2.62. The molecule has 27 heavy (non-hydrogen) atoms. The highest BCUT2D eigenvalue weighted by atomic mass is 16.4. The topological polar surface area (TPSA) is 77.9 Å². The summed E-state index contributed by atoms with van der Waals surface area (Å²) in [5.41, 5.74) is 2.73. The number of carboxylic acid groups (broad SMARTS) is 1. The van der Waals surface area contributed by atoms with E-state index in [0.29, 0.717) is 26.1 Å². The Bertz CT molecular complexity index is 765. The standard InChI is InChI=1S/C21H28N2O4/c1-14-4-5-15(2)17(12-14)19(25)22-10-8-21(9-11-22)7-6-18(24)23(13-21)16(3)20(26)27/h4-5,12,16H,6-11,13H2,1-3H3,(H,26,27). The molecule has 2 heterocycles. The quantitative estimate of drug-likeness (QED) is 0.885. The van der Waals surface area contributed by atoms with E-state index in [0.717, 1.165) is 36.0 Å². The number of likely N-dealkylation sites (tertiary alicyclic amines) is 2. The van der Waals surface area contributed by atoms with Gasteiger partial charge in [-0.05, 0) is 57.1 Å². The first-order valence-corrected chi connectivity index (χ1v) is 9.61. The van der Waals surface area contributed by atoms with Crippen molar-refractivity contribution < 1.29 is 19.5 Å². The van der Waals surface area contributed by atoms with E-state index in [-0.39, 0.29) is 17.2 Å². The zero-order valence-corrected chi connectivity index (χ0v) is 16.3. The molecule has 146 valence electrons. The summed E-state index contributed by atoms with van der Waals surface area (Å²) >= 11 is 0. The number of carbonyl (C=O) groups excluding carboxylic acids is 2. The van der Waals surface area contributed by atoms with Gasteiger partial charge >= 0.3 is 5.97 Å². The van der Waals surface area contributed by atoms with Gasteiger partial charge in [0.2, 0.25) is 5.91 Å². The highest BCUT2D eigenvalue weighted by Gasteiger charge is 2.44. The first-order valence-electron chi connectivity index (χ1n) is 9.61. The number of aryl methyl sites for hydroxylation is 2. The van der Waals surface area contributed by atoms with E-state index in [9.17, 15) is 19.5 Å². The number of amides is 2. The van der Waals surface area contributed by atoms with Crippen molar-refractivity contribution in [2.45, 2.75) is 52.5 Å². The van der Waals surface area contributed by atoms with Crippen LogP contribution in [0.1, 0.15) is 54.1 Å². The summed E-state index contributed by atoms with van der Waals surface area (Å²) in [6.07, 6.45) is 2.78. The minimum atomic E-state index is -0.970. The maximum Gasteiger partial charge on any atom is 0.326 e. The molecular formula is C21H28N2O4. The lowest BCUT2D eigenvalue weighted by molar-refractivity contribution is -0.154. The summed E-state index contributed by atoms with van der Waals surface area (Å²) in [4.78, 5) is 39.9. The van der Waals surface area contributed by atoms with Crippen LogP contribution >= 0.6 is 0 Å². The second-order valence-electron chi connectivity index (χ2n) is 8.15. The molecule has 0 saturated carbocycles. The SMILES string of the molecule is Cc1ccc(C)c(C(=O)N2CCC3(CCC(=O)N(C(C)C(=O)O)C3)CC2)c1. The molecule has 2 fully saturated rings. The maximum absolute atomic E-state index is 12.9. The van der Waals surface area contributed by atoms with E-state index in [2.05, 4.69) is 0 Å². The molecule has 1 atom stereocenters. The van der Waals surface area contributed by atoms with Gasteiger partial charge in [-0.1, -0.05) is 17.7 Å². The summed E-state index contributed by atoms with van der Waals surface area (Å²) in [5.74, 6) is -0.985. The second kappa shape index (κ2) is 7.33. The molecule has 6 nitrogen and oxygen atoms in total. The number of rotatable bonds is 3. The summed E-state index contributed by atoms with van der Waals surface area (Å²) in [7, 11) is 0. The fraction of sp³-hybridized carbons (Fsp3) is 0.571. The van der Waals surface area contributed by atoms with Gasteiger partial charge in [-0.25, -0.2) is 4.79 Å². The van der Waals surface area contributed by atoms with Gasteiger partial charge in [-0.2, -0.15) is 0 Å². The van der Waals surface area contributed by atoms with Crippen molar-refractivity contribution in [1.29, 1.82) is 0 Å². The largest absolute Gasteiger partial charge is 0.480 e. The van der Waals surface area contributed by atoms with Crippen molar-refractivity contribution >= 4 is 17.8 Å². The first-order chi connectivity index (χ1) is 12.7. The molecule has 3 rings (SSSR count). The molecule has 0 bridgehead atoms. The van der Waals surface area contributed by atoms with Gasteiger partial charge in [0.1, 0.15) is 6.04 Å². The third kappa shape index (κ3) is 3.84. The molecule has 6 heteroatoms. The van der Waals surface area contributed by atoms with Crippen LogP contribution in [0.4, 0.5) is 0 Å². The average Bonchev–Trinajstić information content (AvgIpc) is 2.65. The van der Waals surface area contributed by atoms with E-state index in [4.69, 9.17) is 0 Å². The summed E-state index contributed by atoms with van der Waals surface area (Å²) in [6, 6.07) is 5.13. The Balaban J connectivity index is 1.69. The van der Waals surface area contributed by atoms with E-state index in [1.165, 1.54) is 4.90 Å². The lowest BCUT2D eigenvalue weighted by atomic mass is 9.72. The monoisotopic (exact) mass is 372 g/mol. The minimum Gasteiger partial charge on any atom is -0.480 e. The Kier molecular flexibility index (Phi) is 5.27. The van der Waals surface area contributed by atoms with Gasteiger partial charge in [0, 0.05) is 31.6 Å². The molecule has 0 radical (unpaired) electrons. The summed E-state index contributed by atoms with van der Waals surface area (Å²) in [6.45, 7) is 7.28. The normalized spacial score (nSPS) is 20.6. The van der Waals surface area contributed by atoms with Crippen LogP contribution in [0.25, 0.3) is 0 Å². The van der Waals surface area contributed by atoms with Gasteiger partial charge in [-0.15, -0.1) is 0 Å². The number of hydrogen-bond donors (Lipinski definition) is 1. The third-order valence-corrected chi connectivity index (χ3v) is 6.25. The molecule has 1 N–H and O–H groups in total. The van der Waals surface area contributed by atoms with Crippen LogP contribution in [0, 0.1) is 19.3 Å². The molecular weight excluding hydrogens is 344 g/mol. The van der Waals surface area contributed by atoms with Gasteiger partial charge in [0.15, 0.2) is 0 Å². The Hall–Kier alpha value is -2.37. The van der Waals surface area contributed by atoms with Crippen LogP contribution < -0.4 is 0 Å². The van der Waals surface area contributed by atoms with Gasteiger partial charge < -0.3 is 14.9 Å². The first kappa shape index (κ1) is 19.4. The zero-order chi connectivity index (χ0) is 19.8. The molecule has 1 aromatic carbocycles. The molecule has 1 aromatic rings. The van der Waals surface area contributed by atoms with Crippen molar-refractivity contribution in [2.24, 2.45) is 5.41 Å². The third-order valence-electron chi connectivity index (χ3n) is 6.25. The second-order valence-corrected chi connectivity index (χ2v) is 8.15. The Morgan fingerprint density at radius 2 is 1.81 bits per heavy atom. The average molecular weight is 372 g/mol. The van der Waals surface area contributed by atoms with Crippen LogP contribution in [-0.4, -0.2) is 58.4 Å². The number of benzene rings is 1. The van der Waals surface area contributed by atoms with Gasteiger partial charge in [-0.3, -0.25) is 9.59 Å². The lowest BCUT2D eigenvalue weighted by Gasteiger charge is -2.48. The van der Waals surface area contributed by atoms with Gasteiger partial charge in [0.05, 0.1) is 0 Å². The molecule has 0 aliphatic carbocycles. The number of aliphatic carboxylic acids is 1. The number of piperidine rings is 2. The van der Waals surface area contributed by atoms with Crippen LogP contribution in [-0.2, 0) is 9.59 Å². The molecule has 1 spiro atoms. The van der Waals surface area contributed by atoms with E-state index in [1.54, 1.807) is 6.92 Å². The lowest BCUT2D eigenvalue weighted by Crippen LogP contribution is -2.55. The van der Waals surface area contributed by atoms with Crippen LogP contribution in [0.2, 0.25) is 0 Å².